The zero-order chi connectivity index (χ0) is 25.9. The summed E-state index contributed by atoms with van der Waals surface area (Å²) in [6.07, 6.45) is 4.94. The number of nitrogens with one attached hydrogen (secondary N) is 1. The first kappa shape index (κ1) is 25.0. The summed E-state index contributed by atoms with van der Waals surface area (Å²) in [5, 5.41) is 0.704. The van der Waals surface area contributed by atoms with Gasteiger partial charge in [-0.05, 0) is 24.1 Å². The number of fused-ring (bicyclic) bond motifs is 1. The highest BCUT2D eigenvalue weighted by Gasteiger charge is 2.37. The molecule has 188 valence electrons. The van der Waals surface area contributed by atoms with E-state index in [1.54, 1.807) is 50.8 Å². The van der Waals surface area contributed by atoms with E-state index < -0.39 is 30.6 Å². The second-order valence-electron chi connectivity index (χ2n) is 8.69. The highest BCUT2D eigenvalue weighted by Crippen LogP contribution is 2.33. The van der Waals surface area contributed by atoms with Crippen molar-refractivity contribution in [2.24, 2.45) is 11.7 Å². The number of halogens is 3. The third kappa shape index (κ3) is 5.73. The van der Waals surface area contributed by atoms with E-state index >= 15 is 0 Å². The van der Waals surface area contributed by atoms with Gasteiger partial charge in [-0.3, -0.25) is 14.8 Å². The van der Waals surface area contributed by atoms with Crippen LogP contribution >= 0.6 is 0 Å². The standard InChI is InChI=1S/C25H25F3N6O2/c1-15(2)22(23(29)35)34(14-25(26,27)28)18-6-17(9-31-10-18)21-12-33-24-20(21)7-19(11-32-24)36-13-16-4-3-5-30-8-16/h3-12,15,22H,13-14H2,1-2H3,(H2,29,35)(H,32,33)/t22-/m0/s1. The van der Waals surface area contributed by atoms with Gasteiger partial charge in [-0.2, -0.15) is 13.2 Å². The first-order valence-electron chi connectivity index (χ1n) is 11.2. The Morgan fingerprint density at radius 2 is 1.97 bits per heavy atom. The van der Waals surface area contributed by atoms with Crippen LogP contribution in [0.25, 0.3) is 22.2 Å². The molecule has 1 atom stereocenters. The molecule has 0 aliphatic rings. The Morgan fingerprint density at radius 1 is 1.17 bits per heavy atom. The van der Waals surface area contributed by atoms with Gasteiger partial charge < -0.3 is 20.4 Å². The molecule has 4 heterocycles. The van der Waals surface area contributed by atoms with Gasteiger partial charge in [-0.1, -0.05) is 19.9 Å². The number of pyridine rings is 3. The van der Waals surface area contributed by atoms with Crippen molar-refractivity contribution in [2.75, 3.05) is 11.4 Å². The normalized spacial score (nSPS) is 12.6. The molecule has 3 N–H and O–H groups in total. The van der Waals surface area contributed by atoms with Crippen molar-refractivity contribution in [3.63, 3.8) is 0 Å². The number of primary amides is 1. The van der Waals surface area contributed by atoms with E-state index in [1.165, 1.54) is 12.4 Å². The number of anilines is 1. The molecule has 0 saturated heterocycles. The maximum atomic E-state index is 13.5. The number of aromatic amines is 1. The smallest absolute Gasteiger partial charge is 0.405 e. The minimum Gasteiger partial charge on any atom is -0.487 e. The van der Waals surface area contributed by atoms with Gasteiger partial charge in [0.2, 0.25) is 5.91 Å². The topological polar surface area (TPSA) is 110 Å². The molecule has 4 aromatic rings. The minimum atomic E-state index is -4.55. The molecular weight excluding hydrogens is 473 g/mol. The fourth-order valence-electron chi connectivity index (χ4n) is 4.07. The molecule has 4 aromatic heterocycles. The predicted molar refractivity (Wildman–Crippen MR) is 129 cm³/mol. The number of hydrogen-bond donors (Lipinski definition) is 2. The molecule has 0 aliphatic carbocycles. The van der Waals surface area contributed by atoms with E-state index in [1.807, 2.05) is 12.1 Å². The number of nitrogens with zero attached hydrogens (tertiary/aromatic N) is 4. The Kier molecular flexibility index (Phi) is 7.09. The van der Waals surface area contributed by atoms with Crippen LogP contribution in [0, 0.1) is 5.92 Å². The van der Waals surface area contributed by atoms with Crippen LogP contribution in [-0.4, -0.2) is 44.6 Å². The summed E-state index contributed by atoms with van der Waals surface area (Å²) >= 11 is 0. The number of nitrogens with two attached hydrogens (primary N) is 1. The van der Waals surface area contributed by atoms with Crippen LogP contribution in [0.5, 0.6) is 5.75 Å². The number of aromatic nitrogens is 4. The largest absolute Gasteiger partial charge is 0.487 e. The average molecular weight is 499 g/mol. The Hall–Kier alpha value is -4.15. The van der Waals surface area contributed by atoms with Gasteiger partial charge in [0.1, 0.15) is 30.6 Å². The van der Waals surface area contributed by atoms with Crippen LogP contribution in [0.3, 0.4) is 0 Å². The zero-order valence-corrected chi connectivity index (χ0v) is 19.7. The van der Waals surface area contributed by atoms with E-state index in [0.717, 1.165) is 10.5 Å². The number of H-pyrrole nitrogens is 1. The van der Waals surface area contributed by atoms with Crippen molar-refractivity contribution in [1.29, 1.82) is 0 Å². The third-order valence-corrected chi connectivity index (χ3v) is 5.61. The van der Waals surface area contributed by atoms with Crippen molar-refractivity contribution >= 4 is 22.6 Å². The molecular formula is C25H25F3N6O2. The third-order valence-electron chi connectivity index (χ3n) is 5.61. The van der Waals surface area contributed by atoms with Crippen LogP contribution < -0.4 is 15.4 Å². The van der Waals surface area contributed by atoms with E-state index in [9.17, 15) is 18.0 Å². The molecule has 11 heteroatoms. The molecule has 0 fully saturated rings. The minimum absolute atomic E-state index is 0.133. The molecule has 0 unspecified atom stereocenters. The van der Waals surface area contributed by atoms with Crippen LogP contribution in [-0.2, 0) is 11.4 Å². The number of amides is 1. The molecule has 0 radical (unpaired) electrons. The van der Waals surface area contributed by atoms with Crippen molar-refractivity contribution in [2.45, 2.75) is 32.7 Å². The summed E-state index contributed by atoms with van der Waals surface area (Å²) in [5.74, 6) is -0.778. The molecule has 0 aromatic carbocycles. The number of hydrogen-bond acceptors (Lipinski definition) is 6. The summed E-state index contributed by atoms with van der Waals surface area (Å²) in [7, 11) is 0. The molecule has 0 aliphatic heterocycles. The second-order valence-corrected chi connectivity index (χ2v) is 8.69. The van der Waals surface area contributed by atoms with Crippen LogP contribution in [0.4, 0.5) is 18.9 Å². The fraction of sp³-hybridized carbons (Fsp3) is 0.280. The summed E-state index contributed by atoms with van der Waals surface area (Å²) < 4.78 is 46.2. The summed E-state index contributed by atoms with van der Waals surface area (Å²) in [6.45, 7) is 2.25. The molecule has 4 rings (SSSR count). The van der Waals surface area contributed by atoms with Crippen molar-refractivity contribution in [1.82, 2.24) is 19.9 Å². The van der Waals surface area contributed by atoms with Gasteiger partial charge in [0.15, 0.2) is 0 Å². The first-order chi connectivity index (χ1) is 17.1. The molecule has 8 nitrogen and oxygen atoms in total. The molecule has 36 heavy (non-hydrogen) atoms. The van der Waals surface area contributed by atoms with Crippen molar-refractivity contribution < 1.29 is 22.7 Å². The van der Waals surface area contributed by atoms with Crippen LogP contribution in [0.15, 0.2) is 61.4 Å². The van der Waals surface area contributed by atoms with Crippen LogP contribution in [0.1, 0.15) is 19.4 Å². The summed E-state index contributed by atoms with van der Waals surface area (Å²) in [4.78, 5) is 28.7. The van der Waals surface area contributed by atoms with Gasteiger partial charge in [0.25, 0.3) is 0 Å². The number of alkyl halides is 3. The lowest BCUT2D eigenvalue weighted by Crippen LogP contribution is -2.51. The second kappa shape index (κ2) is 10.2. The Labute approximate surface area is 205 Å². The highest BCUT2D eigenvalue weighted by molar-refractivity contribution is 5.94. The molecule has 0 spiro atoms. The van der Waals surface area contributed by atoms with E-state index in [-0.39, 0.29) is 5.69 Å². The van der Waals surface area contributed by atoms with Crippen LogP contribution in [0.2, 0.25) is 0 Å². The molecule has 0 bridgehead atoms. The van der Waals surface area contributed by atoms with Gasteiger partial charge in [0, 0.05) is 46.9 Å². The molecule has 0 saturated carbocycles. The SMILES string of the molecule is CC(C)[C@@H](C(N)=O)N(CC(F)(F)F)c1cncc(-c2c[nH]c3ncc(OCc4cccnc4)cc23)c1. The Morgan fingerprint density at radius 3 is 2.64 bits per heavy atom. The monoisotopic (exact) mass is 498 g/mol. The predicted octanol–water partition coefficient (Wildman–Crippen LogP) is 4.48. The number of ether oxygens (including phenoxy) is 1. The number of carbonyl (C=O) groups excluding carboxylic acids is 1. The quantitative estimate of drug-likeness (QED) is 0.352. The number of carbonyl (C=O) groups is 1. The summed E-state index contributed by atoms with van der Waals surface area (Å²) in [5.41, 5.74) is 8.31. The lowest BCUT2D eigenvalue weighted by molar-refractivity contribution is -0.126. The number of rotatable bonds is 9. The van der Waals surface area contributed by atoms with Gasteiger partial charge >= 0.3 is 6.18 Å². The van der Waals surface area contributed by atoms with Crippen molar-refractivity contribution in [3.8, 4) is 16.9 Å². The van der Waals surface area contributed by atoms with E-state index in [4.69, 9.17) is 10.5 Å². The lowest BCUT2D eigenvalue weighted by Gasteiger charge is -2.34. The molecule has 1 amide bonds. The fourth-order valence-corrected chi connectivity index (χ4v) is 4.07. The zero-order valence-electron chi connectivity index (χ0n) is 19.7. The highest BCUT2D eigenvalue weighted by atomic mass is 19.4. The van der Waals surface area contributed by atoms with Crippen molar-refractivity contribution in [3.05, 3.63) is 67.0 Å². The maximum absolute atomic E-state index is 13.5. The van der Waals surface area contributed by atoms with Gasteiger partial charge in [-0.25, -0.2) is 4.98 Å². The lowest BCUT2D eigenvalue weighted by atomic mass is 10.0. The van der Waals surface area contributed by atoms with Gasteiger partial charge in [-0.15, -0.1) is 0 Å². The summed E-state index contributed by atoms with van der Waals surface area (Å²) in [6, 6.07) is 5.89. The van der Waals surface area contributed by atoms with E-state index in [2.05, 4.69) is 19.9 Å². The Bertz CT molecular complexity index is 1340. The van der Waals surface area contributed by atoms with E-state index in [0.29, 0.717) is 34.5 Å². The average Bonchev–Trinajstić information content (AvgIpc) is 3.25. The maximum Gasteiger partial charge on any atom is 0.405 e. The first-order valence-corrected chi connectivity index (χ1v) is 11.2. The Balaban J connectivity index is 1.69. The van der Waals surface area contributed by atoms with Gasteiger partial charge in [0.05, 0.1) is 18.1 Å².